The molecule has 0 saturated heterocycles. The predicted octanol–water partition coefficient (Wildman–Crippen LogP) is -1.01. The molecular formula is C11H18N2O6. The summed E-state index contributed by atoms with van der Waals surface area (Å²) in [5, 5.41) is 22.1. The van der Waals surface area contributed by atoms with Crippen LogP contribution in [0.3, 0.4) is 0 Å². The molecule has 8 heteroatoms. The molecule has 0 radical (unpaired) electrons. The summed E-state index contributed by atoms with van der Waals surface area (Å²) in [6, 6.07) is -1.94. The van der Waals surface area contributed by atoms with Gasteiger partial charge < -0.3 is 20.8 Å². The van der Waals surface area contributed by atoms with Crippen molar-refractivity contribution in [1.29, 1.82) is 0 Å². The number of carbonyl (C=O) groups excluding carboxylic acids is 2. The standard InChI is InChI=1S/C11H18N2O6/c1-6(14)7(12-2)3-4-9(15)13-8(11(18)19)5-10(16)17/h7-8,12H,3-5H2,1-2H3,(H,13,15)(H,16,17)(H,18,19). The third-order valence-electron chi connectivity index (χ3n) is 2.51. The Morgan fingerprint density at radius 3 is 2.05 bits per heavy atom. The Balaban J connectivity index is 4.30. The first kappa shape index (κ1) is 17.0. The normalized spacial score (nSPS) is 13.4. The summed E-state index contributed by atoms with van der Waals surface area (Å²) in [7, 11) is 1.58. The van der Waals surface area contributed by atoms with Crippen molar-refractivity contribution in [1.82, 2.24) is 10.6 Å². The number of rotatable bonds is 9. The van der Waals surface area contributed by atoms with E-state index in [2.05, 4.69) is 10.6 Å². The fourth-order valence-corrected chi connectivity index (χ4v) is 1.47. The van der Waals surface area contributed by atoms with Crippen molar-refractivity contribution in [3.63, 3.8) is 0 Å². The van der Waals surface area contributed by atoms with E-state index in [4.69, 9.17) is 10.2 Å². The fraction of sp³-hybridized carbons (Fsp3) is 0.636. The maximum Gasteiger partial charge on any atom is 0.326 e. The van der Waals surface area contributed by atoms with Gasteiger partial charge in [0, 0.05) is 6.42 Å². The lowest BCUT2D eigenvalue weighted by Gasteiger charge is -2.15. The maximum absolute atomic E-state index is 11.5. The zero-order valence-corrected chi connectivity index (χ0v) is 10.8. The number of ketones is 1. The molecular weight excluding hydrogens is 256 g/mol. The van der Waals surface area contributed by atoms with Crippen LogP contribution < -0.4 is 10.6 Å². The van der Waals surface area contributed by atoms with Crippen LogP contribution in [0.25, 0.3) is 0 Å². The highest BCUT2D eigenvalue weighted by Crippen LogP contribution is 2.00. The third kappa shape index (κ3) is 7.14. The third-order valence-corrected chi connectivity index (χ3v) is 2.51. The average Bonchev–Trinajstić information content (AvgIpc) is 2.27. The first-order valence-corrected chi connectivity index (χ1v) is 5.69. The van der Waals surface area contributed by atoms with Gasteiger partial charge in [-0.05, 0) is 20.4 Å². The first-order valence-electron chi connectivity index (χ1n) is 5.69. The minimum absolute atomic E-state index is 0.0610. The van der Waals surface area contributed by atoms with Crippen molar-refractivity contribution < 1.29 is 29.4 Å². The number of amides is 1. The Morgan fingerprint density at radius 2 is 1.68 bits per heavy atom. The minimum atomic E-state index is -1.46. The van der Waals surface area contributed by atoms with Crippen LogP contribution in [0.5, 0.6) is 0 Å². The molecule has 0 aromatic heterocycles. The second-order valence-electron chi connectivity index (χ2n) is 4.05. The Labute approximate surface area is 110 Å². The molecule has 0 aromatic rings. The Kier molecular flexibility index (Phi) is 7.35. The molecule has 0 aliphatic carbocycles. The monoisotopic (exact) mass is 274 g/mol. The zero-order chi connectivity index (χ0) is 15.0. The summed E-state index contributed by atoms with van der Waals surface area (Å²) in [4.78, 5) is 43.7. The van der Waals surface area contributed by atoms with E-state index in [1.165, 1.54) is 6.92 Å². The SMILES string of the molecule is CNC(CCC(=O)NC(CC(=O)O)C(=O)O)C(C)=O. The van der Waals surface area contributed by atoms with Crippen LogP contribution in [0.2, 0.25) is 0 Å². The quantitative estimate of drug-likeness (QED) is 0.423. The largest absolute Gasteiger partial charge is 0.481 e. The van der Waals surface area contributed by atoms with E-state index in [0.29, 0.717) is 0 Å². The van der Waals surface area contributed by atoms with Crippen LogP contribution in [-0.2, 0) is 19.2 Å². The molecule has 108 valence electrons. The Bertz CT molecular complexity index is 368. The summed E-state index contributed by atoms with van der Waals surface area (Å²) in [6.45, 7) is 1.38. The summed E-state index contributed by atoms with van der Waals surface area (Å²) >= 11 is 0. The molecule has 0 spiro atoms. The number of aliphatic carboxylic acids is 2. The van der Waals surface area contributed by atoms with E-state index in [-0.39, 0.29) is 18.6 Å². The molecule has 0 aromatic carbocycles. The van der Waals surface area contributed by atoms with Crippen molar-refractivity contribution >= 4 is 23.6 Å². The van der Waals surface area contributed by atoms with Gasteiger partial charge in [0.1, 0.15) is 11.8 Å². The van der Waals surface area contributed by atoms with Gasteiger partial charge in [-0.3, -0.25) is 14.4 Å². The van der Waals surface area contributed by atoms with Gasteiger partial charge in [0.25, 0.3) is 0 Å². The smallest absolute Gasteiger partial charge is 0.326 e. The van der Waals surface area contributed by atoms with E-state index in [0.717, 1.165) is 0 Å². The highest BCUT2D eigenvalue weighted by atomic mass is 16.4. The van der Waals surface area contributed by atoms with Crippen LogP contribution in [0.4, 0.5) is 0 Å². The highest BCUT2D eigenvalue weighted by molar-refractivity contribution is 5.87. The van der Waals surface area contributed by atoms with E-state index in [9.17, 15) is 19.2 Å². The lowest BCUT2D eigenvalue weighted by molar-refractivity contribution is -0.147. The molecule has 0 aliphatic rings. The van der Waals surface area contributed by atoms with Crippen LogP contribution in [0, 0.1) is 0 Å². The van der Waals surface area contributed by atoms with Crippen LogP contribution in [0.15, 0.2) is 0 Å². The van der Waals surface area contributed by atoms with Crippen LogP contribution in [0.1, 0.15) is 26.2 Å². The first-order chi connectivity index (χ1) is 8.77. The van der Waals surface area contributed by atoms with E-state index < -0.39 is 36.4 Å². The molecule has 4 N–H and O–H groups in total. The number of Topliss-reactive ketones (excluding diaryl/α,β-unsaturated/α-hetero) is 1. The van der Waals surface area contributed by atoms with Crippen LogP contribution >= 0.6 is 0 Å². The van der Waals surface area contributed by atoms with Gasteiger partial charge in [-0.1, -0.05) is 0 Å². The van der Waals surface area contributed by atoms with Crippen molar-refractivity contribution in [2.45, 2.75) is 38.3 Å². The molecule has 2 unspecified atom stereocenters. The molecule has 0 heterocycles. The van der Waals surface area contributed by atoms with Crippen molar-refractivity contribution in [3.05, 3.63) is 0 Å². The Morgan fingerprint density at radius 1 is 1.11 bits per heavy atom. The van der Waals surface area contributed by atoms with Gasteiger partial charge in [-0.25, -0.2) is 4.79 Å². The number of carboxylic acids is 2. The number of hydrogen-bond acceptors (Lipinski definition) is 5. The fourth-order valence-electron chi connectivity index (χ4n) is 1.47. The average molecular weight is 274 g/mol. The summed E-state index contributed by atoms with van der Waals surface area (Å²) in [5.74, 6) is -3.46. The van der Waals surface area contributed by atoms with Gasteiger partial charge in [-0.2, -0.15) is 0 Å². The summed E-state index contributed by atoms with van der Waals surface area (Å²) < 4.78 is 0. The minimum Gasteiger partial charge on any atom is -0.481 e. The van der Waals surface area contributed by atoms with Gasteiger partial charge >= 0.3 is 11.9 Å². The second kappa shape index (κ2) is 8.20. The molecule has 0 rings (SSSR count). The molecule has 0 saturated carbocycles. The van der Waals surface area contributed by atoms with E-state index in [1.807, 2.05) is 0 Å². The van der Waals surface area contributed by atoms with Gasteiger partial charge in [0.15, 0.2) is 0 Å². The number of carbonyl (C=O) groups is 4. The van der Waals surface area contributed by atoms with Gasteiger partial charge in [-0.15, -0.1) is 0 Å². The molecule has 8 nitrogen and oxygen atoms in total. The zero-order valence-electron chi connectivity index (χ0n) is 10.8. The van der Waals surface area contributed by atoms with Gasteiger partial charge in [0.2, 0.25) is 5.91 Å². The van der Waals surface area contributed by atoms with Crippen LogP contribution in [-0.4, -0.2) is 53.0 Å². The second-order valence-corrected chi connectivity index (χ2v) is 4.05. The van der Waals surface area contributed by atoms with Crippen molar-refractivity contribution in [2.24, 2.45) is 0 Å². The Hall–Kier alpha value is -1.96. The molecule has 0 aliphatic heterocycles. The molecule has 0 bridgehead atoms. The maximum atomic E-state index is 11.5. The lowest BCUT2D eigenvalue weighted by Crippen LogP contribution is -2.43. The van der Waals surface area contributed by atoms with Gasteiger partial charge in [0.05, 0.1) is 12.5 Å². The molecule has 2 atom stereocenters. The van der Waals surface area contributed by atoms with Crippen molar-refractivity contribution in [2.75, 3.05) is 7.05 Å². The molecule has 19 heavy (non-hydrogen) atoms. The van der Waals surface area contributed by atoms with E-state index >= 15 is 0 Å². The van der Waals surface area contributed by atoms with E-state index in [1.54, 1.807) is 7.05 Å². The number of nitrogens with one attached hydrogen (secondary N) is 2. The predicted molar refractivity (Wildman–Crippen MR) is 64.6 cm³/mol. The number of hydrogen-bond donors (Lipinski definition) is 4. The van der Waals surface area contributed by atoms with Crippen molar-refractivity contribution in [3.8, 4) is 0 Å². The molecule has 1 amide bonds. The lowest BCUT2D eigenvalue weighted by atomic mass is 10.1. The summed E-state index contributed by atoms with van der Waals surface area (Å²) in [5.41, 5.74) is 0. The molecule has 0 fully saturated rings. The number of carboxylic acid groups (broad SMARTS) is 2. The number of likely N-dealkylation sites (N-methyl/N-ethyl adjacent to an activating group) is 1. The highest BCUT2D eigenvalue weighted by Gasteiger charge is 2.23. The summed E-state index contributed by atoms with van der Waals surface area (Å²) in [6.07, 6.45) is -0.533. The topological polar surface area (TPSA) is 133 Å².